The molecular weight excluding hydrogens is 181 g/mol. The van der Waals surface area contributed by atoms with E-state index in [2.05, 4.69) is 0 Å². The van der Waals surface area contributed by atoms with Gasteiger partial charge in [0.2, 0.25) is 0 Å². The standard InChI is InChI=1S/C9H9F3O/c1-9(11,12)6-13-8-4-2-7(10)3-5-8/h2-5H,6H2,1H3. The normalized spacial score (nSPS) is 11.4. The van der Waals surface area contributed by atoms with E-state index in [0.717, 1.165) is 19.1 Å². The van der Waals surface area contributed by atoms with Crippen LogP contribution < -0.4 is 4.74 Å². The van der Waals surface area contributed by atoms with Crippen LogP contribution in [0.5, 0.6) is 5.75 Å². The molecule has 0 N–H and O–H groups in total. The third-order valence-corrected chi connectivity index (χ3v) is 1.31. The largest absolute Gasteiger partial charge is 0.487 e. The second-order valence-electron chi connectivity index (χ2n) is 2.81. The van der Waals surface area contributed by atoms with Crippen molar-refractivity contribution in [1.29, 1.82) is 0 Å². The van der Waals surface area contributed by atoms with Gasteiger partial charge in [-0.3, -0.25) is 0 Å². The van der Waals surface area contributed by atoms with Crippen molar-refractivity contribution in [2.24, 2.45) is 0 Å². The summed E-state index contributed by atoms with van der Waals surface area (Å²) in [6.07, 6.45) is 0. The molecule has 0 heterocycles. The van der Waals surface area contributed by atoms with Crippen LogP contribution >= 0.6 is 0 Å². The number of ether oxygens (including phenoxy) is 1. The van der Waals surface area contributed by atoms with E-state index in [0.29, 0.717) is 0 Å². The van der Waals surface area contributed by atoms with Gasteiger partial charge < -0.3 is 4.74 Å². The molecule has 0 fully saturated rings. The fourth-order valence-electron chi connectivity index (χ4n) is 0.741. The van der Waals surface area contributed by atoms with Gasteiger partial charge in [0.1, 0.15) is 11.6 Å². The lowest BCUT2D eigenvalue weighted by Crippen LogP contribution is -2.20. The first-order valence-corrected chi connectivity index (χ1v) is 3.73. The SMILES string of the molecule is CC(F)(F)COc1ccc(F)cc1. The maximum atomic E-state index is 12.4. The molecule has 72 valence electrons. The Morgan fingerprint density at radius 3 is 2.23 bits per heavy atom. The van der Waals surface area contributed by atoms with E-state index < -0.39 is 18.3 Å². The van der Waals surface area contributed by atoms with E-state index in [-0.39, 0.29) is 5.75 Å². The molecule has 1 aromatic rings. The van der Waals surface area contributed by atoms with Gasteiger partial charge in [0.25, 0.3) is 5.92 Å². The highest BCUT2D eigenvalue weighted by molar-refractivity contribution is 5.22. The molecule has 0 saturated carbocycles. The lowest BCUT2D eigenvalue weighted by molar-refractivity contribution is -0.0229. The zero-order chi connectivity index (χ0) is 9.90. The van der Waals surface area contributed by atoms with E-state index in [1.165, 1.54) is 12.1 Å². The van der Waals surface area contributed by atoms with Crippen molar-refractivity contribution in [2.45, 2.75) is 12.8 Å². The number of hydrogen-bond acceptors (Lipinski definition) is 1. The van der Waals surface area contributed by atoms with E-state index in [4.69, 9.17) is 4.74 Å². The molecule has 0 spiro atoms. The summed E-state index contributed by atoms with van der Waals surface area (Å²) in [5.74, 6) is -3.05. The Labute approximate surface area is 74.1 Å². The molecule has 0 aliphatic rings. The Kier molecular flexibility index (Phi) is 2.80. The maximum Gasteiger partial charge on any atom is 0.278 e. The Morgan fingerprint density at radius 2 is 1.77 bits per heavy atom. The maximum absolute atomic E-state index is 12.4. The van der Waals surface area contributed by atoms with Gasteiger partial charge in [0.05, 0.1) is 0 Å². The fourth-order valence-corrected chi connectivity index (χ4v) is 0.741. The number of halogens is 3. The summed E-state index contributed by atoms with van der Waals surface area (Å²) in [5.41, 5.74) is 0. The van der Waals surface area contributed by atoms with Gasteiger partial charge in [-0.25, -0.2) is 13.2 Å². The molecule has 0 aliphatic heterocycles. The van der Waals surface area contributed by atoms with Crippen molar-refractivity contribution in [3.8, 4) is 5.75 Å². The lowest BCUT2D eigenvalue weighted by Gasteiger charge is -2.11. The Hall–Kier alpha value is -1.19. The zero-order valence-electron chi connectivity index (χ0n) is 7.06. The van der Waals surface area contributed by atoms with Crippen LogP contribution in [0.3, 0.4) is 0 Å². The first-order chi connectivity index (χ1) is 5.97. The highest BCUT2D eigenvalue weighted by Crippen LogP contribution is 2.16. The van der Waals surface area contributed by atoms with Crippen LogP contribution in [0.25, 0.3) is 0 Å². The first-order valence-electron chi connectivity index (χ1n) is 3.73. The molecule has 0 radical (unpaired) electrons. The monoisotopic (exact) mass is 190 g/mol. The zero-order valence-corrected chi connectivity index (χ0v) is 7.06. The van der Waals surface area contributed by atoms with Gasteiger partial charge in [0, 0.05) is 6.92 Å². The fraction of sp³-hybridized carbons (Fsp3) is 0.333. The van der Waals surface area contributed by atoms with E-state index in [9.17, 15) is 13.2 Å². The van der Waals surface area contributed by atoms with E-state index >= 15 is 0 Å². The van der Waals surface area contributed by atoms with Crippen LogP contribution in [0.1, 0.15) is 6.92 Å². The average molecular weight is 190 g/mol. The molecule has 13 heavy (non-hydrogen) atoms. The summed E-state index contributed by atoms with van der Waals surface area (Å²) in [7, 11) is 0. The Bertz CT molecular complexity index is 263. The predicted octanol–water partition coefficient (Wildman–Crippen LogP) is 2.86. The minimum atomic E-state index is -2.87. The highest BCUT2D eigenvalue weighted by Gasteiger charge is 2.21. The Morgan fingerprint density at radius 1 is 1.23 bits per heavy atom. The van der Waals surface area contributed by atoms with Crippen molar-refractivity contribution in [1.82, 2.24) is 0 Å². The minimum Gasteiger partial charge on any atom is -0.487 e. The third kappa shape index (κ3) is 3.83. The van der Waals surface area contributed by atoms with Gasteiger partial charge in [-0.1, -0.05) is 0 Å². The summed E-state index contributed by atoms with van der Waals surface area (Å²) >= 11 is 0. The molecule has 1 rings (SSSR count). The minimum absolute atomic E-state index is 0.239. The second kappa shape index (κ2) is 3.68. The van der Waals surface area contributed by atoms with Crippen LogP contribution in [0.15, 0.2) is 24.3 Å². The van der Waals surface area contributed by atoms with Crippen molar-refractivity contribution in [2.75, 3.05) is 6.61 Å². The third-order valence-electron chi connectivity index (χ3n) is 1.31. The summed E-state index contributed by atoms with van der Waals surface area (Å²) in [6.45, 7) is 0.0646. The molecule has 1 nitrogen and oxygen atoms in total. The van der Waals surface area contributed by atoms with Gasteiger partial charge in [-0.2, -0.15) is 0 Å². The molecule has 0 amide bonds. The molecule has 0 unspecified atom stereocenters. The number of alkyl halides is 2. The summed E-state index contributed by atoms with van der Waals surface area (Å²) in [5, 5.41) is 0. The van der Waals surface area contributed by atoms with Crippen LogP contribution in [0.2, 0.25) is 0 Å². The average Bonchev–Trinajstić information content (AvgIpc) is 2.02. The van der Waals surface area contributed by atoms with Crippen molar-refractivity contribution in [3.63, 3.8) is 0 Å². The van der Waals surface area contributed by atoms with Gasteiger partial charge in [-0.15, -0.1) is 0 Å². The molecule has 0 aromatic heterocycles. The Balaban J connectivity index is 2.51. The van der Waals surface area contributed by atoms with Gasteiger partial charge in [0.15, 0.2) is 6.61 Å². The van der Waals surface area contributed by atoms with Crippen LogP contribution in [0.4, 0.5) is 13.2 Å². The van der Waals surface area contributed by atoms with Crippen LogP contribution in [-0.2, 0) is 0 Å². The van der Waals surface area contributed by atoms with Crippen LogP contribution in [0, 0.1) is 5.82 Å². The number of rotatable bonds is 3. The number of hydrogen-bond donors (Lipinski definition) is 0. The molecule has 0 saturated heterocycles. The first kappa shape index (κ1) is 9.89. The molecule has 0 atom stereocenters. The van der Waals surface area contributed by atoms with Crippen LogP contribution in [-0.4, -0.2) is 12.5 Å². The summed E-state index contributed by atoms with van der Waals surface area (Å²) in [4.78, 5) is 0. The topological polar surface area (TPSA) is 9.23 Å². The van der Waals surface area contributed by atoms with Crippen molar-refractivity contribution in [3.05, 3.63) is 30.1 Å². The summed E-state index contributed by atoms with van der Waals surface area (Å²) < 4.78 is 41.6. The quantitative estimate of drug-likeness (QED) is 0.712. The van der Waals surface area contributed by atoms with Gasteiger partial charge >= 0.3 is 0 Å². The lowest BCUT2D eigenvalue weighted by atomic mass is 10.3. The number of benzene rings is 1. The molecular formula is C9H9F3O. The van der Waals surface area contributed by atoms with E-state index in [1.54, 1.807) is 0 Å². The molecule has 4 heteroatoms. The summed E-state index contributed by atoms with van der Waals surface area (Å²) in [6, 6.07) is 4.93. The molecule has 0 aliphatic carbocycles. The highest BCUT2D eigenvalue weighted by atomic mass is 19.3. The second-order valence-corrected chi connectivity index (χ2v) is 2.81. The smallest absolute Gasteiger partial charge is 0.278 e. The predicted molar refractivity (Wildman–Crippen MR) is 42.5 cm³/mol. The van der Waals surface area contributed by atoms with Gasteiger partial charge in [-0.05, 0) is 24.3 Å². The van der Waals surface area contributed by atoms with E-state index in [1.807, 2.05) is 0 Å². The molecule has 0 bridgehead atoms. The van der Waals surface area contributed by atoms with Crippen molar-refractivity contribution >= 4 is 0 Å². The molecule has 1 aromatic carbocycles. The van der Waals surface area contributed by atoms with Crippen molar-refractivity contribution < 1.29 is 17.9 Å².